The molecule has 0 radical (unpaired) electrons. The fourth-order valence-corrected chi connectivity index (χ4v) is 8.02. The molecule has 4 heteroatoms. The largest absolute Gasteiger partial charge is 0.247 e. The minimum atomic E-state index is 0.630. The lowest BCUT2D eigenvalue weighted by atomic mass is 9.94. The van der Waals surface area contributed by atoms with E-state index in [0.717, 1.165) is 60.8 Å². The lowest BCUT2D eigenvalue weighted by molar-refractivity contribution is 1.08. The average Bonchev–Trinajstić information content (AvgIpc) is 3.28. The van der Waals surface area contributed by atoms with Gasteiger partial charge in [0, 0.05) is 38.4 Å². The van der Waals surface area contributed by atoms with Gasteiger partial charge in [-0.2, -0.15) is 0 Å². The van der Waals surface area contributed by atoms with Crippen LogP contribution in [-0.2, 0) is 0 Å². The number of hydrogen-bond acceptors (Lipinski definition) is 4. The summed E-state index contributed by atoms with van der Waals surface area (Å²) in [4.78, 5) is 20.4. The Kier molecular flexibility index (Phi) is 7.46. The fourth-order valence-electron chi connectivity index (χ4n) is 8.02. The predicted molar refractivity (Wildman–Crippen MR) is 232 cm³/mol. The van der Waals surface area contributed by atoms with E-state index < -0.39 is 0 Å². The minimum absolute atomic E-state index is 0.630. The highest BCUT2D eigenvalue weighted by molar-refractivity contribution is 6.22. The summed E-state index contributed by atoms with van der Waals surface area (Å²) in [7, 11) is 0. The zero-order valence-electron chi connectivity index (χ0n) is 30.3. The van der Waals surface area contributed by atoms with E-state index in [-0.39, 0.29) is 0 Å². The Morgan fingerprint density at radius 2 is 0.750 bits per heavy atom. The van der Waals surface area contributed by atoms with E-state index in [9.17, 15) is 0 Å². The third-order valence-corrected chi connectivity index (χ3v) is 10.9. The van der Waals surface area contributed by atoms with Crippen molar-refractivity contribution in [2.75, 3.05) is 0 Å². The molecule has 4 nitrogen and oxygen atoms in total. The summed E-state index contributed by atoms with van der Waals surface area (Å²) < 4.78 is 0. The number of aromatic nitrogens is 4. The molecule has 0 saturated carbocycles. The highest BCUT2D eigenvalue weighted by Gasteiger charge is 2.16. The first-order valence-corrected chi connectivity index (χ1v) is 18.9. The molecule has 0 atom stereocenters. The second-order valence-corrected chi connectivity index (χ2v) is 14.3. The molecule has 0 aliphatic carbocycles. The molecule has 9 aromatic carbocycles. The number of benzene rings is 9. The van der Waals surface area contributed by atoms with Gasteiger partial charge in [0.05, 0.1) is 11.2 Å². The van der Waals surface area contributed by atoms with Crippen LogP contribution < -0.4 is 0 Å². The van der Waals surface area contributed by atoms with Gasteiger partial charge in [-0.3, -0.25) is 0 Å². The van der Waals surface area contributed by atoms with Crippen molar-refractivity contribution in [1.29, 1.82) is 0 Å². The molecule has 0 fully saturated rings. The molecule has 11 rings (SSSR count). The zero-order chi connectivity index (χ0) is 37.0. The second-order valence-electron chi connectivity index (χ2n) is 14.3. The zero-order valence-corrected chi connectivity index (χ0v) is 30.3. The second kappa shape index (κ2) is 13.1. The van der Waals surface area contributed by atoms with Crippen molar-refractivity contribution in [1.82, 2.24) is 19.9 Å². The molecule has 56 heavy (non-hydrogen) atoms. The van der Waals surface area contributed by atoms with Gasteiger partial charge < -0.3 is 0 Å². The Morgan fingerprint density at radius 3 is 1.43 bits per heavy atom. The van der Waals surface area contributed by atoms with Gasteiger partial charge in [0.15, 0.2) is 17.5 Å². The summed E-state index contributed by atoms with van der Waals surface area (Å²) >= 11 is 0. The van der Waals surface area contributed by atoms with Crippen LogP contribution in [0.5, 0.6) is 0 Å². The number of pyridine rings is 1. The maximum absolute atomic E-state index is 5.25. The van der Waals surface area contributed by atoms with E-state index in [2.05, 4.69) is 194 Å². The Morgan fingerprint density at radius 1 is 0.250 bits per heavy atom. The van der Waals surface area contributed by atoms with Crippen molar-refractivity contribution in [3.8, 4) is 56.5 Å². The van der Waals surface area contributed by atoms with Gasteiger partial charge in [0.2, 0.25) is 0 Å². The molecular weight excluding hydrogens is 681 g/mol. The molecule has 0 saturated heterocycles. The first-order valence-electron chi connectivity index (χ1n) is 18.9. The van der Waals surface area contributed by atoms with Crippen LogP contribution in [0.25, 0.3) is 111 Å². The molecule has 11 aromatic rings. The molecule has 260 valence electrons. The third kappa shape index (κ3) is 5.55. The highest BCUT2D eigenvalue weighted by Crippen LogP contribution is 2.38. The van der Waals surface area contributed by atoms with Gasteiger partial charge in [-0.1, -0.05) is 170 Å². The quantitative estimate of drug-likeness (QED) is 0.167. The molecule has 0 amide bonds. The van der Waals surface area contributed by atoms with Crippen molar-refractivity contribution in [2.24, 2.45) is 0 Å². The lowest BCUT2D eigenvalue weighted by Gasteiger charge is -2.13. The van der Waals surface area contributed by atoms with Crippen molar-refractivity contribution < 1.29 is 0 Å². The van der Waals surface area contributed by atoms with Crippen molar-refractivity contribution >= 4 is 54.0 Å². The van der Waals surface area contributed by atoms with Crippen LogP contribution in [0.3, 0.4) is 0 Å². The van der Waals surface area contributed by atoms with Crippen molar-refractivity contribution in [3.05, 3.63) is 194 Å². The van der Waals surface area contributed by atoms with E-state index in [1.807, 2.05) is 0 Å². The van der Waals surface area contributed by atoms with Gasteiger partial charge in [-0.05, 0) is 67.7 Å². The Balaban J connectivity index is 1.01. The molecule has 2 heterocycles. The standard InChI is InChI=1S/C52H32N4/c1-3-13-38-31-42(26-22-33(38)10-1)51-54-50(55-52(56-51)43-27-23-34-11-2-4-14-39(34)32-43)37-24-20-35(21-25-37)40-15-9-16-41(30-40)49-46-29-28-36-12-5-6-17-44(36)48(46)45-18-7-8-19-47(45)53-49/h1-32H. The van der Waals surface area contributed by atoms with E-state index in [4.69, 9.17) is 19.9 Å². The Bertz CT molecular complexity index is 3200. The van der Waals surface area contributed by atoms with Crippen LogP contribution in [0.2, 0.25) is 0 Å². The van der Waals surface area contributed by atoms with Crippen molar-refractivity contribution in [3.63, 3.8) is 0 Å². The van der Waals surface area contributed by atoms with Crippen LogP contribution in [0.15, 0.2) is 194 Å². The monoisotopic (exact) mass is 712 g/mol. The maximum Gasteiger partial charge on any atom is 0.164 e. The van der Waals surface area contributed by atoms with Gasteiger partial charge in [-0.15, -0.1) is 0 Å². The van der Waals surface area contributed by atoms with E-state index in [1.54, 1.807) is 0 Å². The summed E-state index contributed by atoms with van der Waals surface area (Å²) in [5.74, 6) is 1.91. The summed E-state index contributed by atoms with van der Waals surface area (Å²) in [6, 6.07) is 68.2. The minimum Gasteiger partial charge on any atom is -0.247 e. The Labute approximate surface area is 323 Å². The summed E-state index contributed by atoms with van der Waals surface area (Å²) in [5, 5.41) is 10.7. The SMILES string of the molecule is c1cc(-c2ccc(-c3nc(-c4ccc5ccccc5c4)nc(-c4ccc5ccccc5c4)n3)cc2)cc(-c2nc3ccccc3c3c2ccc2ccccc23)c1. The molecule has 0 spiro atoms. The van der Waals surface area contributed by atoms with Crippen LogP contribution in [-0.4, -0.2) is 19.9 Å². The number of hydrogen-bond donors (Lipinski definition) is 0. The third-order valence-electron chi connectivity index (χ3n) is 10.9. The molecule has 2 aromatic heterocycles. The normalized spacial score (nSPS) is 11.6. The van der Waals surface area contributed by atoms with Crippen LogP contribution in [0.1, 0.15) is 0 Å². The Hall–Kier alpha value is -7.56. The molecule has 0 unspecified atom stereocenters. The molecular formula is C52H32N4. The smallest absolute Gasteiger partial charge is 0.164 e. The number of fused-ring (bicyclic) bond motifs is 7. The summed E-state index contributed by atoms with van der Waals surface area (Å²) in [6.07, 6.45) is 0. The van der Waals surface area contributed by atoms with E-state index in [0.29, 0.717) is 17.5 Å². The van der Waals surface area contributed by atoms with Crippen molar-refractivity contribution in [2.45, 2.75) is 0 Å². The number of rotatable bonds is 5. The summed E-state index contributed by atoms with van der Waals surface area (Å²) in [5.41, 5.74) is 8.09. The van der Waals surface area contributed by atoms with Gasteiger partial charge in [0.1, 0.15) is 0 Å². The summed E-state index contributed by atoms with van der Waals surface area (Å²) in [6.45, 7) is 0. The fraction of sp³-hybridized carbons (Fsp3) is 0. The van der Waals surface area contributed by atoms with E-state index >= 15 is 0 Å². The average molecular weight is 713 g/mol. The van der Waals surface area contributed by atoms with Crippen LogP contribution >= 0.6 is 0 Å². The predicted octanol–water partition coefficient (Wildman–Crippen LogP) is 13.4. The van der Waals surface area contributed by atoms with E-state index in [1.165, 1.54) is 32.3 Å². The van der Waals surface area contributed by atoms with Gasteiger partial charge in [0.25, 0.3) is 0 Å². The lowest BCUT2D eigenvalue weighted by Crippen LogP contribution is -2.00. The molecule has 0 N–H and O–H groups in total. The maximum atomic E-state index is 5.25. The molecule has 0 aliphatic rings. The first-order chi connectivity index (χ1) is 27.7. The molecule has 0 aliphatic heterocycles. The van der Waals surface area contributed by atoms with Gasteiger partial charge in [-0.25, -0.2) is 19.9 Å². The first kappa shape index (κ1) is 31.9. The van der Waals surface area contributed by atoms with Gasteiger partial charge >= 0.3 is 0 Å². The van der Waals surface area contributed by atoms with Crippen LogP contribution in [0.4, 0.5) is 0 Å². The molecule has 0 bridgehead atoms. The van der Waals surface area contributed by atoms with Crippen LogP contribution in [0, 0.1) is 0 Å². The number of para-hydroxylation sites is 1. The topological polar surface area (TPSA) is 51.6 Å². The number of nitrogens with zero attached hydrogens (tertiary/aromatic N) is 4. The highest BCUT2D eigenvalue weighted by atomic mass is 15.0.